The van der Waals surface area contributed by atoms with Crippen molar-refractivity contribution in [3.8, 4) is 17.0 Å². The molecule has 1 aromatic carbocycles. The van der Waals surface area contributed by atoms with E-state index in [0.717, 1.165) is 6.07 Å². The Morgan fingerprint density at radius 2 is 2.00 bits per heavy atom. The van der Waals surface area contributed by atoms with Crippen molar-refractivity contribution in [2.24, 2.45) is 0 Å². The lowest BCUT2D eigenvalue weighted by Gasteiger charge is -2.06. The number of phenols is 1. The molecule has 1 N–H and O–H groups in total. The second-order valence-electron chi connectivity index (χ2n) is 4.80. The second-order valence-corrected chi connectivity index (χ2v) is 5.21. The maximum Gasteiger partial charge on any atom is 0.170 e. The normalized spacial score (nSPS) is 10.9. The van der Waals surface area contributed by atoms with Crippen LogP contribution in [0.4, 0.5) is 4.39 Å². The number of hydrogen-bond acceptors (Lipinski definition) is 4. The molecule has 3 rings (SSSR count). The predicted molar refractivity (Wildman–Crippen MR) is 81.6 cm³/mol. The Kier molecular flexibility index (Phi) is 3.50. The maximum atomic E-state index is 13.6. The van der Waals surface area contributed by atoms with Crippen LogP contribution in [-0.4, -0.2) is 20.9 Å². The Labute approximate surface area is 130 Å². The van der Waals surface area contributed by atoms with Crippen molar-refractivity contribution in [2.75, 3.05) is 0 Å². The van der Waals surface area contributed by atoms with Crippen molar-refractivity contribution < 1.29 is 14.3 Å². The molecule has 0 fully saturated rings. The summed E-state index contributed by atoms with van der Waals surface area (Å²) in [4.78, 5) is 19.9. The molecule has 0 bridgehead atoms. The maximum absolute atomic E-state index is 13.6. The summed E-state index contributed by atoms with van der Waals surface area (Å²) in [5, 5.41) is 9.28. The molecule has 0 amide bonds. The summed E-state index contributed by atoms with van der Waals surface area (Å²) in [5.74, 6) is -1.52. The van der Waals surface area contributed by atoms with E-state index >= 15 is 0 Å². The monoisotopic (exact) mass is 316 g/mol. The third-order valence-corrected chi connectivity index (χ3v) is 3.54. The zero-order valence-electron chi connectivity index (χ0n) is 11.5. The van der Waals surface area contributed by atoms with E-state index in [1.54, 1.807) is 18.2 Å². The summed E-state index contributed by atoms with van der Waals surface area (Å²) < 4.78 is 13.6. The van der Waals surface area contributed by atoms with Gasteiger partial charge in [0.1, 0.15) is 0 Å². The number of aromatic nitrogens is 2. The van der Waals surface area contributed by atoms with E-state index in [4.69, 9.17) is 11.6 Å². The van der Waals surface area contributed by atoms with Gasteiger partial charge in [-0.2, -0.15) is 0 Å². The van der Waals surface area contributed by atoms with Crippen molar-refractivity contribution in [3.05, 3.63) is 52.9 Å². The summed E-state index contributed by atoms with van der Waals surface area (Å²) in [7, 11) is 0. The number of aromatic hydroxyl groups is 1. The molecule has 0 aliphatic heterocycles. The largest absolute Gasteiger partial charge is 0.504 e. The van der Waals surface area contributed by atoms with Crippen molar-refractivity contribution in [1.29, 1.82) is 0 Å². The van der Waals surface area contributed by atoms with Crippen LogP contribution in [0.25, 0.3) is 22.3 Å². The number of rotatable bonds is 2. The first-order valence-electron chi connectivity index (χ1n) is 6.42. The highest BCUT2D eigenvalue weighted by Crippen LogP contribution is 2.32. The summed E-state index contributed by atoms with van der Waals surface area (Å²) in [6, 6.07) is 7.60. The van der Waals surface area contributed by atoms with Gasteiger partial charge >= 0.3 is 0 Å². The lowest BCUT2D eigenvalue weighted by Crippen LogP contribution is -1.95. The molecule has 3 aromatic rings. The zero-order valence-corrected chi connectivity index (χ0v) is 12.2. The quantitative estimate of drug-likeness (QED) is 0.726. The third-order valence-electron chi connectivity index (χ3n) is 3.26. The number of Topliss-reactive ketones (excluding diaryl/α,β-unsaturated/α-hetero) is 1. The fraction of sp³-hybridized carbons (Fsp3) is 0.0625. The molecule has 0 spiro atoms. The van der Waals surface area contributed by atoms with Crippen LogP contribution in [0.5, 0.6) is 5.75 Å². The van der Waals surface area contributed by atoms with Crippen molar-refractivity contribution in [2.45, 2.75) is 6.92 Å². The van der Waals surface area contributed by atoms with Gasteiger partial charge in [0.05, 0.1) is 21.7 Å². The summed E-state index contributed by atoms with van der Waals surface area (Å²) in [6.45, 7) is 1.45. The number of carbonyl (C=O) groups is 1. The van der Waals surface area contributed by atoms with E-state index in [1.165, 1.54) is 19.2 Å². The van der Waals surface area contributed by atoms with E-state index in [-0.39, 0.29) is 10.8 Å². The Balaban J connectivity index is 2.17. The molecule has 2 aromatic heterocycles. The highest BCUT2D eigenvalue weighted by molar-refractivity contribution is 6.32. The van der Waals surface area contributed by atoms with Gasteiger partial charge in [-0.3, -0.25) is 9.78 Å². The molecule has 0 atom stereocenters. The standard InChI is InChI=1S/C16H10ClFN2O2/c1-8(21)10-6-15-14(19-7-10)3-2-13(20-15)9-4-11(17)16(22)12(18)5-9/h2-7,22H,1H3. The number of halogens is 2. The average molecular weight is 317 g/mol. The summed E-state index contributed by atoms with van der Waals surface area (Å²) in [5.41, 5.74) is 2.49. The van der Waals surface area contributed by atoms with Crippen molar-refractivity contribution >= 4 is 28.4 Å². The van der Waals surface area contributed by atoms with Crippen LogP contribution in [0.15, 0.2) is 36.5 Å². The molecule has 0 unspecified atom stereocenters. The zero-order chi connectivity index (χ0) is 15.9. The second kappa shape index (κ2) is 5.35. The fourth-order valence-electron chi connectivity index (χ4n) is 2.07. The van der Waals surface area contributed by atoms with Gasteiger partial charge in [-0.1, -0.05) is 11.6 Å². The van der Waals surface area contributed by atoms with E-state index < -0.39 is 11.6 Å². The van der Waals surface area contributed by atoms with E-state index in [1.807, 2.05) is 0 Å². The number of phenolic OH excluding ortho intramolecular Hbond substituents is 1. The molecule has 6 heteroatoms. The number of nitrogens with zero attached hydrogens (tertiary/aromatic N) is 2. The number of carbonyl (C=O) groups excluding carboxylic acids is 1. The molecular weight excluding hydrogens is 307 g/mol. The summed E-state index contributed by atoms with van der Waals surface area (Å²) in [6.07, 6.45) is 1.49. The van der Waals surface area contributed by atoms with Crippen LogP contribution >= 0.6 is 11.6 Å². The van der Waals surface area contributed by atoms with E-state index in [0.29, 0.717) is 27.9 Å². The molecule has 0 aliphatic carbocycles. The van der Waals surface area contributed by atoms with Gasteiger partial charge in [0.15, 0.2) is 17.3 Å². The molecular formula is C16H10ClFN2O2. The predicted octanol–water partition coefficient (Wildman–Crippen LogP) is 4.00. The van der Waals surface area contributed by atoms with E-state index in [2.05, 4.69) is 9.97 Å². The van der Waals surface area contributed by atoms with Crippen LogP contribution in [-0.2, 0) is 0 Å². The molecule has 0 saturated heterocycles. The van der Waals surface area contributed by atoms with Gasteiger partial charge in [0, 0.05) is 17.3 Å². The first-order chi connectivity index (χ1) is 10.5. The first kappa shape index (κ1) is 14.4. The minimum Gasteiger partial charge on any atom is -0.504 e. The molecule has 110 valence electrons. The molecule has 0 saturated carbocycles. The first-order valence-corrected chi connectivity index (χ1v) is 6.79. The van der Waals surface area contributed by atoms with E-state index in [9.17, 15) is 14.3 Å². The average Bonchev–Trinajstić information content (AvgIpc) is 2.51. The van der Waals surface area contributed by atoms with Crippen LogP contribution in [0.3, 0.4) is 0 Å². The van der Waals surface area contributed by atoms with Crippen LogP contribution < -0.4 is 0 Å². The molecule has 22 heavy (non-hydrogen) atoms. The van der Waals surface area contributed by atoms with Gasteiger partial charge < -0.3 is 5.11 Å². The Morgan fingerprint density at radius 1 is 1.23 bits per heavy atom. The Morgan fingerprint density at radius 3 is 2.68 bits per heavy atom. The molecule has 4 nitrogen and oxygen atoms in total. The Hall–Kier alpha value is -2.53. The topological polar surface area (TPSA) is 63.1 Å². The van der Waals surface area contributed by atoms with Gasteiger partial charge in [-0.05, 0) is 37.3 Å². The number of benzene rings is 1. The van der Waals surface area contributed by atoms with Crippen LogP contribution in [0, 0.1) is 5.82 Å². The smallest absolute Gasteiger partial charge is 0.170 e. The van der Waals surface area contributed by atoms with Gasteiger partial charge in [0.2, 0.25) is 0 Å². The van der Waals surface area contributed by atoms with Crippen molar-refractivity contribution in [3.63, 3.8) is 0 Å². The molecule has 0 aliphatic rings. The highest BCUT2D eigenvalue weighted by atomic mass is 35.5. The van der Waals surface area contributed by atoms with Gasteiger partial charge in [-0.15, -0.1) is 0 Å². The molecule has 0 radical (unpaired) electrons. The SMILES string of the molecule is CC(=O)c1cnc2ccc(-c3cc(F)c(O)c(Cl)c3)nc2c1. The number of fused-ring (bicyclic) bond motifs is 1. The third kappa shape index (κ3) is 2.51. The number of pyridine rings is 2. The highest BCUT2D eigenvalue weighted by Gasteiger charge is 2.11. The van der Waals surface area contributed by atoms with Gasteiger partial charge in [-0.25, -0.2) is 9.37 Å². The van der Waals surface area contributed by atoms with Crippen LogP contribution in [0.1, 0.15) is 17.3 Å². The number of ketones is 1. The fourth-order valence-corrected chi connectivity index (χ4v) is 2.28. The summed E-state index contributed by atoms with van der Waals surface area (Å²) >= 11 is 5.78. The van der Waals surface area contributed by atoms with Gasteiger partial charge in [0.25, 0.3) is 0 Å². The lowest BCUT2D eigenvalue weighted by molar-refractivity contribution is 0.101. The Bertz CT molecular complexity index is 889. The lowest BCUT2D eigenvalue weighted by atomic mass is 10.1. The van der Waals surface area contributed by atoms with Crippen molar-refractivity contribution in [1.82, 2.24) is 9.97 Å². The van der Waals surface area contributed by atoms with Crippen LogP contribution in [0.2, 0.25) is 5.02 Å². The minimum absolute atomic E-state index is 0.0903. The number of hydrogen-bond donors (Lipinski definition) is 1. The molecule has 2 heterocycles. The minimum atomic E-state index is -0.819.